The number of esters is 1. The molecule has 0 aliphatic heterocycles. The molecule has 0 heterocycles. The minimum Gasteiger partial charge on any atom is -0.467 e. The molecule has 11 atom stereocenters. The zero-order valence-electron chi connectivity index (χ0n) is 22.6. The molecule has 0 amide bonds. The van der Waals surface area contributed by atoms with E-state index in [1.54, 1.807) is 6.08 Å². The molecule has 0 aromatic carbocycles. The molecule has 9 nitrogen and oxygen atoms in total. The molecule has 210 valence electrons. The fourth-order valence-corrected chi connectivity index (χ4v) is 8.57. The lowest BCUT2D eigenvalue weighted by atomic mass is 9.45. The van der Waals surface area contributed by atoms with Gasteiger partial charge in [-0.2, -0.15) is 0 Å². The smallest absolute Gasteiger partial charge is 0.337 e. The molecule has 3 fully saturated rings. The number of carbonyl (C=O) groups excluding carboxylic acids is 2. The van der Waals surface area contributed by atoms with Crippen LogP contribution in [-0.2, 0) is 14.3 Å². The molecular formula is C28H44O9. The van der Waals surface area contributed by atoms with Crippen molar-refractivity contribution in [2.24, 2.45) is 28.6 Å². The third-order valence-electron chi connectivity index (χ3n) is 11.0. The summed E-state index contributed by atoms with van der Waals surface area (Å²) in [6.45, 7) is 6.73. The molecular weight excluding hydrogens is 480 g/mol. The van der Waals surface area contributed by atoms with Gasteiger partial charge in [-0.3, -0.25) is 4.79 Å². The number of rotatable bonds is 6. The van der Waals surface area contributed by atoms with Crippen molar-refractivity contribution in [1.29, 1.82) is 0 Å². The average molecular weight is 525 g/mol. The van der Waals surface area contributed by atoms with Gasteiger partial charge in [0.05, 0.1) is 36.6 Å². The SMILES string of the molecule is COC(=O)C(C)(O)CCC(O)C(C)(O)C1CCC2(O)C3=CC(=O)C4CC(O)C(O)CC4(C)C3CCC12C. The van der Waals surface area contributed by atoms with Crippen molar-refractivity contribution in [1.82, 2.24) is 0 Å². The molecule has 6 N–H and O–H groups in total. The summed E-state index contributed by atoms with van der Waals surface area (Å²) in [7, 11) is 1.17. The van der Waals surface area contributed by atoms with Crippen LogP contribution in [0.4, 0.5) is 0 Å². The Morgan fingerprint density at radius 2 is 1.78 bits per heavy atom. The summed E-state index contributed by atoms with van der Waals surface area (Å²) in [5.74, 6) is -2.03. The average Bonchev–Trinajstić information content (AvgIpc) is 3.11. The Labute approximate surface area is 218 Å². The Bertz CT molecular complexity index is 973. The first-order chi connectivity index (χ1) is 17.0. The molecule has 0 spiro atoms. The van der Waals surface area contributed by atoms with Crippen molar-refractivity contribution in [3.05, 3.63) is 11.6 Å². The highest BCUT2D eigenvalue weighted by atomic mass is 16.5. The van der Waals surface area contributed by atoms with Gasteiger partial charge in [-0.15, -0.1) is 0 Å². The highest BCUT2D eigenvalue weighted by Crippen LogP contribution is 2.68. The minimum absolute atomic E-state index is 0.0517. The molecule has 11 unspecified atom stereocenters. The molecule has 4 aliphatic carbocycles. The maximum atomic E-state index is 13.3. The second kappa shape index (κ2) is 9.10. The fraction of sp³-hybridized carbons (Fsp3) is 0.857. The van der Waals surface area contributed by atoms with Gasteiger partial charge in [0.2, 0.25) is 0 Å². The molecule has 0 saturated heterocycles. The molecule has 4 aliphatic rings. The van der Waals surface area contributed by atoms with Crippen molar-refractivity contribution in [2.75, 3.05) is 7.11 Å². The van der Waals surface area contributed by atoms with E-state index in [0.717, 1.165) is 0 Å². The Morgan fingerprint density at radius 3 is 2.41 bits per heavy atom. The molecule has 0 aromatic rings. The summed E-state index contributed by atoms with van der Waals surface area (Å²) in [6.07, 6.45) is 0.662. The predicted molar refractivity (Wildman–Crippen MR) is 133 cm³/mol. The summed E-state index contributed by atoms with van der Waals surface area (Å²) >= 11 is 0. The lowest BCUT2D eigenvalue weighted by Gasteiger charge is -2.60. The first kappa shape index (κ1) is 28.6. The Hall–Kier alpha value is -1.36. The van der Waals surface area contributed by atoms with Gasteiger partial charge in [0.1, 0.15) is 0 Å². The number of hydrogen-bond donors (Lipinski definition) is 6. The topological polar surface area (TPSA) is 165 Å². The van der Waals surface area contributed by atoms with Gasteiger partial charge in [0.15, 0.2) is 11.4 Å². The number of methoxy groups -OCH3 is 1. The van der Waals surface area contributed by atoms with Crippen LogP contribution >= 0.6 is 0 Å². The van der Waals surface area contributed by atoms with Crippen LogP contribution in [0.5, 0.6) is 0 Å². The number of fused-ring (bicyclic) bond motifs is 5. The van der Waals surface area contributed by atoms with Crippen LogP contribution in [-0.4, -0.2) is 84.6 Å². The molecule has 0 radical (unpaired) electrons. The first-order valence-electron chi connectivity index (χ1n) is 13.5. The van der Waals surface area contributed by atoms with E-state index in [9.17, 15) is 40.2 Å². The zero-order valence-corrected chi connectivity index (χ0v) is 22.6. The van der Waals surface area contributed by atoms with E-state index in [4.69, 9.17) is 0 Å². The van der Waals surface area contributed by atoms with Crippen molar-refractivity contribution < 1.29 is 45.0 Å². The maximum Gasteiger partial charge on any atom is 0.337 e. The molecule has 0 bridgehead atoms. The minimum atomic E-state index is -1.80. The van der Waals surface area contributed by atoms with Crippen LogP contribution in [0.1, 0.15) is 79.1 Å². The van der Waals surface area contributed by atoms with Crippen molar-refractivity contribution in [2.45, 2.75) is 114 Å². The highest BCUT2D eigenvalue weighted by molar-refractivity contribution is 5.95. The van der Waals surface area contributed by atoms with E-state index in [-0.39, 0.29) is 37.4 Å². The standard InChI is InChI=1S/C28H44O9/c1-24-14-20(31)19(30)13-17(24)18(29)12-16-15(24)6-9-25(2)21(7-11-28(16,25)36)27(4,35)22(32)8-10-26(3,34)23(33)37-5/h12,15,17,19-22,30-32,34-36H,6-11,13-14H2,1-5H3. The molecule has 37 heavy (non-hydrogen) atoms. The number of aliphatic hydroxyl groups excluding tert-OH is 3. The van der Waals surface area contributed by atoms with E-state index in [0.29, 0.717) is 31.3 Å². The second-order valence-corrected chi connectivity index (χ2v) is 13.1. The third kappa shape index (κ3) is 4.12. The lowest BCUT2D eigenvalue weighted by molar-refractivity contribution is -0.179. The fourth-order valence-electron chi connectivity index (χ4n) is 8.57. The summed E-state index contributed by atoms with van der Waals surface area (Å²) in [6, 6.07) is 0. The van der Waals surface area contributed by atoms with Gasteiger partial charge in [0.25, 0.3) is 0 Å². The number of hydrogen-bond acceptors (Lipinski definition) is 9. The summed E-state index contributed by atoms with van der Waals surface area (Å²) < 4.78 is 4.62. The van der Waals surface area contributed by atoms with E-state index in [2.05, 4.69) is 4.74 Å². The number of carbonyl (C=O) groups is 2. The maximum absolute atomic E-state index is 13.3. The molecule has 9 heteroatoms. The largest absolute Gasteiger partial charge is 0.467 e. The number of aliphatic hydroxyl groups is 6. The summed E-state index contributed by atoms with van der Waals surface area (Å²) in [5.41, 5.74) is -5.57. The van der Waals surface area contributed by atoms with Crippen LogP contribution in [0.3, 0.4) is 0 Å². The molecule has 0 aromatic heterocycles. The van der Waals surface area contributed by atoms with Crippen molar-refractivity contribution in [3.8, 4) is 0 Å². The van der Waals surface area contributed by atoms with Gasteiger partial charge in [-0.25, -0.2) is 4.79 Å². The van der Waals surface area contributed by atoms with E-state index in [1.807, 2.05) is 13.8 Å². The van der Waals surface area contributed by atoms with Gasteiger partial charge in [0, 0.05) is 11.3 Å². The van der Waals surface area contributed by atoms with Crippen LogP contribution in [0.25, 0.3) is 0 Å². The zero-order chi connectivity index (χ0) is 27.8. The van der Waals surface area contributed by atoms with Gasteiger partial charge >= 0.3 is 5.97 Å². The van der Waals surface area contributed by atoms with Crippen LogP contribution in [0.15, 0.2) is 11.6 Å². The quantitative estimate of drug-likeness (QED) is 0.278. The Kier molecular flexibility index (Phi) is 7.04. The summed E-state index contributed by atoms with van der Waals surface area (Å²) in [5, 5.41) is 66.0. The lowest BCUT2D eigenvalue weighted by Crippen LogP contribution is -2.62. The monoisotopic (exact) mass is 524 g/mol. The van der Waals surface area contributed by atoms with Crippen molar-refractivity contribution >= 4 is 11.8 Å². The van der Waals surface area contributed by atoms with E-state index in [1.165, 1.54) is 21.0 Å². The van der Waals surface area contributed by atoms with Gasteiger partial charge in [-0.1, -0.05) is 13.8 Å². The van der Waals surface area contributed by atoms with Gasteiger partial charge in [-0.05, 0) is 94.1 Å². The van der Waals surface area contributed by atoms with E-state index >= 15 is 0 Å². The number of ether oxygens (including phenoxy) is 1. The number of allylic oxidation sites excluding steroid dienone is 1. The first-order valence-corrected chi connectivity index (χ1v) is 13.5. The Balaban J connectivity index is 1.61. The highest BCUT2D eigenvalue weighted by Gasteiger charge is 2.69. The number of ketones is 1. The second-order valence-electron chi connectivity index (χ2n) is 13.1. The van der Waals surface area contributed by atoms with Crippen LogP contribution < -0.4 is 0 Å². The van der Waals surface area contributed by atoms with Gasteiger partial charge < -0.3 is 35.4 Å². The molecule has 4 rings (SSSR count). The summed E-state index contributed by atoms with van der Waals surface area (Å²) in [4.78, 5) is 25.1. The predicted octanol–water partition coefficient (Wildman–Crippen LogP) is 1.01. The normalized spacial score (nSPS) is 45.4. The Morgan fingerprint density at radius 1 is 1.14 bits per heavy atom. The van der Waals surface area contributed by atoms with Crippen LogP contribution in [0, 0.1) is 28.6 Å². The third-order valence-corrected chi connectivity index (χ3v) is 11.0. The van der Waals surface area contributed by atoms with E-state index < -0.39 is 63.8 Å². The molecule has 3 saturated carbocycles. The van der Waals surface area contributed by atoms with Crippen molar-refractivity contribution in [3.63, 3.8) is 0 Å². The van der Waals surface area contributed by atoms with Crippen LogP contribution in [0.2, 0.25) is 0 Å².